The van der Waals surface area contributed by atoms with Crippen LogP contribution < -0.4 is 10.2 Å². The number of nitrogens with zero attached hydrogens (tertiary/aromatic N) is 3. The van der Waals surface area contributed by atoms with Crippen LogP contribution in [0.2, 0.25) is 5.02 Å². The van der Waals surface area contributed by atoms with Gasteiger partial charge in [0.05, 0.1) is 23.9 Å². The zero-order valence-corrected chi connectivity index (χ0v) is 16.1. The topological polar surface area (TPSA) is 67.4 Å². The summed E-state index contributed by atoms with van der Waals surface area (Å²) in [7, 11) is 0. The second kappa shape index (κ2) is 7.82. The van der Waals surface area contributed by atoms with Crippen molar-refractivity contribution < 1.29 is 9.53 Å². The molecule has 2 aromatic rings. The highest BCUT2D eigenvalue weighted by atomic mass is 35.5. The molecule has 1 aromatic heterocycles. The molecule has 27 heavy (non-hydrogen) atoms. The molecule has 0 spiro atoms. The minimum Gasteiger partial charge on any atom is -0.378 e. The number of benzene rings is 1. The number of morpholine rings is 1. The highest BCUT2D eigenvalue weighted by molar-refractivity contribution is 6.33. The van der Waals surface area contributed by atoms with Gasteiger partial charge in [-0.15, -0.1) is 0 Å². The smallest absolute Gasteiger partial charge is 0.227 e. The van der Waals surface area contributed by atoms with E-state index in [0.717, 1.165) is 48.7 Å². The van der Waals surface area contributed by atoms with Crippen molar-refractivity contribution in [3.63, 3.8) is 0 Å². The molecular formula is C20H23ClN4O2. The van der Waals surface area contributed by atoms with Gasteiger partial charge < -0.3 is 15.0 Å². The number of carbonyl (C=O) groups is 1. The molecule has 4 rings (SSSR count). The summed E-state index contributed by atoms with van der Waals surface area (Å²) in [6.07, 6.45) is 4.11. The lowest BCUT2D eigenvalue weighted by molar-refractivity contribution is -0.120. The van der Waals surface area contributed by atoms with Crippen molar-refractivity contribution >= 4 is 29.1 Å². The summed E-state index contributed by atoms with van der Waals surface area (Å²) in [5.41, 5.74) is 3.85. The number of amides is 1. The molecule has 7 heteroatoms. The molecule has 1 atom stereocenters. The standard InChI is InChI=1S/C20H23ClN4O2/c1-13-2-4-18(16(21)10-13)23-19(26)14-3-5-17-15(11-14)12-22-20(24-17)25-6-8-27-9-7-25/h2,4,10,12,14H,3,5-9,11H2,1H3,(H,23,26)/t14-/m0/s1. The van der Waals surface area contributed by atoms with Gasteiger partial charge in [0.1, 0.15) is 0 Å². The van der Waals surface area contributed by atoms with E-state index < -0.39 is 0 Å². The number of ether oxygens (including phenoxy) is 1. The van der Waals surface area contributed by atoms with E-state index in [1.54, 1.807) is 0 Å². The van der Waals surface area contributed by atoms with E-state index >= 15 is 0 Å². The molecule has 2 aliphatic rings. The van der Waals surface area contributed by atoms with Crippen LogP contribution in [0.3, 0.4) is 0 Å². The zero-order valence-electron chi connectivity index (χ0n) is 15.4. The number of nitrogens with one attached hydrogen (secondary N) is 1. The minimum absolute atomic E-state index is 0.00339. The van der Waals surface area contributed by atoms with Crippen molar-refractivity contribution in [2.45, 2.75) is 26.2 Å². The third-order valence-corrected chi connectivity index (χ3v) is 5.50. The van der Waals surface area contributed by atoms with E-state index in [4.69, 9.17) is 21.3 Å². The number of halogens is 1. The molecule has 0 radical (unpaired) electrons. The number of fused-ring (bicyclic) bond motifs is 1. The maximum Gasteiger partial charge on any atom is 0.227 e. The molecule has 1 aliphatic heterocycles. The van der Waals surface area contributed by atoms with Gasteiger partial charge in [0.15, 0.2) is 0 Å². The van der Waals surface area contributed by atoms with Crippen LogP contribution in [-0.4, -0.2) is 42.2 Å². The first-order chi connectivity index (χ1) is 13.1. The molecule has 142 valence electrons. The molecule has 0 bridgehead atoms. The fourth-order valence-electron chi connectivity index (χ4n) is 3.59. The minimum atomic E-state index is -0.0901. The Morgan fingerprint density at radius 3 is 2.93 bits per heavy atom. The van der Waals surface area contributed by atoms with E-state index in [2.05, 4.69) is 15.2 Å². The van der Waals surface area contributed by atoms with Crippen LogP contribution in [0.5, 0.6) is 0 Å². The van der Waals surface area contributed by atoms with Crippen LogP contribution in [0.1, 0.15) is 23.2 Å². The Morgan fingerprint density at radius 2 is 2.15 bits per heavy atom. The average molecular weight is 387 g/mol. The molecule has 1 saturated heterocycles. The first kappa shape index (κ1) is 18.2. The molecular weight excluding hydrogens is 364 g/mol. The van der Waals surface area contributed by atoms with Crippen LogP contribution in [-0.2, 0) is 22.4 Å². The lowest BCUT2D eigenvalue weighted by atomic mass is 9.86. The van der Waals surface area contributed by atoms with E-state index in [-0.39, 0.29) is 11.8 Å². The monoisotopic (exact) mass is 386 g/mol. The molecule has 1 N–H and O–H groups in total. The van der Waals surface area contributed by atoms with Gasteiger partial charge >= 0.3 is 0 Å². The molecule has 1 amide bonds. The Morgan fingerprint density at radius 1 is 1.33 bits per heavy atom. The van der Waals surface area contributed by atoms with Crippen molar-refractivity contribution in [3.05, 3.63) is 46.2 Å². The van der Waals surface area contributed by atoms with Gasteiger partial charge in [-0.25, -0.2) is 9.97 Å². The maximum atomic E-state index is 12.7. The van der Waals surface area contributed by atoms with E-state index in [9.17, 15) is 4.79 Å². The quantitative estimate of drug-likeness (QED) is 0.878. The second-order valence-electron chi connectivity index (χ2n) is 7.15. The van der Waals surface area contributed by atoms with Crippen LogP contribution in [0.25, 0.3) is 0 Å². The van der Waals surface area contributed by atoms with Crippen LogP contribution in [0.15, 0.2) is 24.4 Å². The van der Waals surface area contributed by atoms with Crippen molar-refractivity contribution in [3.8, 4) is 0 Å². The first-order valence-corrected chi connectivity index (χ1v) is 9.72. The van der Waals surface area contributed by atoms with Crippen molar-refractivity contribution in [1.29, 1.82) is 0 Å². The summed E-state index contributed by atoms with van der Waals surface area (Å²) in [5, 5.41) is 3.53. The Hall–Kier alpha value is -2.18. The number of hydrogen-bond acceptors (Lipinski definition) is 5. The summed E-state index contributed by atoms with van der Waals surface area (Å²) in [6, 6.07) is 5.65. The van der Waals surface area contributed by atoms with Crippen molar-refractivity contribution in [2.24, 2.45) is 5.92 Å². The number of aromatic nitrogens is 2. The van der Waals surface area contributed by atoms with Crippen LogP contribution >= 0.6 is 11.6 Å². The number of aryl methyl sites for hydroxylation is 2. The van der Waals surface area contributed by atoms with Gasteiger partial charge in [0, 0.05) is 30.9 Å². The SMILES string of the molecule is Cc1ccc(NC(=O)[C@H]2CCc3nc(N4CCOCC4)ncc3C2)c(Cl)c1. The van der Waals surface area contributed by atoms with E-state index in [1.807, 2.05) is 31.3 Å². The molecule has 6 nitrogen and oxygen atoms in total. The maximum absolute atomic E-state index is 12.7. The Balaban J connectivity index is 1.44. The first-order valence-electron chi connectivity index (χ1n) is 9.34. The van der Waals surface area contributed by atoms with Crippen molar-refractivity contribution in [2.75, 3.05) is 36.5 Å². The fraction of sp³-hybridized carbons (Fsp3) is 0.450. The number of anilines is 2. The van der Waals surface area contributed by atoms with E-state index in [0.29, 0.717) is 30.3 Å². The van der Waals surface area contributed by atoms with Gasteiger partial charge in [-0.1, -0.05) is 17.7 Å². The Bertz CT molecular complexity index is 852. The Kier molecular flexibility index (Phi) is 5.27. The molecule has 1 aromatic carbocycles. The van der Waals surface area contributed by atoms with E-state index in [1.165, 1.54) is 0 Å². The van der Waals surface area contributed by atoms with Gasteiger partial charge in [-0.2, -0.15) is 0 Å². The normalized spacial score (nSPS) is 19.5. The molecule has 2 heterocycles. The van der Waals surface area contributed by atoms with Crippen molar-refractivity contribution in [1.82, 2.24) is 9.97 Å². The highest BCUT2D eigenvalue weighted by Gasteiger charge is 2.27. The zero-order chi connectivity index (χ0) is 18.8. The van der Waals surface area contributed by atoms with Crippen LogP contribution in [0.4, 0.5) is 11.6 Å². The predicted molar refractivity (Wildman–Crippen MR) is 105 cm³/mol. The largest absolute Gasteiger partial charge is 0.378 e. The van der Waals surface area contributed by atoms with Gasteiger partial charge in [-0.3, -0.25) is 4.79 Å². The summed E-state index contributed by atoms with van der Waals surface area (Å²) in [5.74, 6) is 0.683. The summed E-state index contributed by atoms with van der Waals surface area (Å²) < 4.78 is 5.39. The number of hydrogen-bond donors (Lipinski definition) is 1. The lowest BCUT2D eigenvalue weighted by Gasteiger charge is -2.28. The predicted octanol–water partition coefficient (Wildman–Crippen LogP) is 3.02. The molecule has 1 fully saturated rings. The number of rotatable bonds is 3. The molecule has 0 unspecified atom stereocenters. The summed E-state index contributed by atoms with van der Waals surface area (Å²) >= 11 is 6.24. The van der Waals surface area contributed by atoms with Gasteiger partial charge in [0.25, 0.3) is 0 Å². The summed E-state index contributed by atoms with van der Waals surface area (Å²) in [6.45, 7) is 5.04. The summed E-state index contributed by atoms with van der Waals surface area (Å²) in [4.78, 5) is 24.1. The molecule has 1 aliphatic carbocycles. The molecule has 0 saturated carbocycles. The van der Waals surface area contributed by atoms with Gasteiger partial charge in [-0.05, 0) is 49.4 Å². The van der Waals surface area contributed by atoms with Crippen LogP contribution in [0, 0.1) is 12.8 Å². The highest BCUT2D eigenvalue weighted by Crippen LogP contribution is 2.28. The lowest BCUT2D eigenvalue weighted by Crippen LogP contribution is -2.38. The van der Waals surface area contributed by atoms with Gasteiger partial charge in [0.2, 0.25) is 11.9 Å². The third-order valence-electron chi connectivity index (χ3n) is 5.18. The fourth-order valence-corrected chi connectivity index (χ4v) is 3.88. The third kappa shape index (κ3) is 4.06. The average Bonchev–Trinajstić information content (AvgIpc) is 2.70. The Labute approximate surface area is 163 Å². The second-order valence-corrected chi connectivity index (χ2v) is 7.56. The number of carbonyl (C=O) groups excluding carboxylic acids is 1.